The van der Waals surface area contributed by atoms with Gasteiger partial charge in [0.2, 0.25) is 0 Å². The van der Waals surface area contributed by atoms with Gasteiger partial charge in [-0.2, -0.15) is 5.26 Å². The molecule has 2 rings (SSSR count). The minimum atomic E-state index is -0.406. The SMILES string of the molecule is N#Cc1ccc(F)cc1COc1ccc(Cl)cc1CCl. The zero-order chi connectivity index (χ0) is 14.5. The van der Waals surface area contributed by atoms with Crippen LogP contribution in [-0.4, -0.2) is 0 Å². The lowest BCUT2D eigenvalue weighted by Gasteiger charge is -2.11. The molecule has 0 aliphatic heterocycles. The number of benzene rings is 2. The Hall–Kier alpha value is -1.76. The fourth-order valence-electron chi connectivity index (χ4n) is 1.74. The number of alkyl halides is 1. The first-order chi connectivity index (χ1) is 9.63. The maximum Gasteiger partial charge on any atom is 0.124 e. The van der Waals surface area contributed by atoms with Crippen molar-refractivity contribution >= 4 is 23.2 Å². The van der Waals surface area contributed by atoms with Gasteiger partial charge in [0.25, 0.3) is 0 Å². The molecule has 0 aromatic heterocycles. The van der Waals surface area contributed by atoms with Gasteiger partial charge in [0, 0.05) is 16.1 Å². The molecule has 0 heterocycles. The van der Waals surface area contributed by atoms with Crippen LogP contribution in [-0.2, 0) is 12.5 Å². The second kappa shape index (κ2) is 6.60. The van der Waals surface area contributed by atoms with E-state index in [1.54, 1.807) is 18.2 Å². The molecule has 0 saturated carbocycles. The van der Waals surface area contributed by atoms with Crippen LogP contribution in [0.3, 0.4) is 0 Å². The summed E-state index contributed by atoms with van der Waals surface area (Å²) < 4.78 is 18.8. The third-order valence-electron chi connectivity index (χ3n) is 2.74. The Morgan fingerprint density at radius 1 is 1.15 bits per heavy atom. The fourth-order valence-corrected chi connectivity index (χ4v) is 2.14. The van der Waals surface area contributed by atoms with Gasteiger partial charge in [-0.15, -0.1) is 11.6 Å². The largest absolute Gasteiger partial charge is 0.489 e. The number of halogens is 3. The molecule has 2 aromatic carbocycles. The van der Waals surface area contributed by atoms with Crippen LogP contribution in [0.1, 0.15) is 16.7 Å². The van der Waals surface area contributed by atoms with Crippen molar-refractivity contribution in [3.05, 3.63) is 63.9 Å². The smallest absolute Gasteiger partial charge is 0.124 e. The first-order valence-corrected chi connectivity index (χ1v) is 6.71. The lowest BCUT2D eigenvalue weighted by atomic mass is 10.1. The van der Waals surface area contributed by atoms with Crippen molar-refractivity contribution < 1.29 is 9.13 Å². The molecule has 0 saturated heterocycles. The molecule has 0 unspecified atom stereocenters. The van der Waals surface area contributed by atoms with Crippen LogP contribution in [0.25, 0.3) is 0 Å². The average Bonchev–Trinajstić information content (AvgIpc) is 2.46. The summed E-state index contributed by atoms with van der Waals surface area (Å²) >= 11 is 11.7. The molecule has 0 atom stereocenters. The first kappa shape index (κ1) is 14.6. The molecule has 0 fully saturated rings. The summed E-state index contributed by atoms with van der Waals surface area (Å²) in [5, 5.41) is 9.54. The van der Waals surface area contributed by atoms with E-state index in [1.807, 2.05) is 6.07 Å². The van der Waals surface area contributed by atoms with Crippen LogP contribution in [0.2, 0.25) is 5.02 Å². The van der Waals surface area contributed by atoms with Crippen molar-refractivity contribution in [1.29, 1.82) is 5.26 Å². The highest BCUT2D eigenvalue weighted by Gasteiger charge is 2.08. The minimum Gasteiger partial charge on any atom is -0.489 e. The molecule has 102 valence electrons. The topological polar surface area (TPSA) is 33.0 Å². The van der Waals surface area contributed by atoms with E-state index >= 15 is 0 Å². The van der Waals surface area contributed by atoms with Crippen molar-refractivity contribution in [2.45, 2.75) is 12.5 Å². The lowest BCUT2D eigenvalue weighted by Crippen LogP contribution is -2.01. The van der Waals surface area contributed by atoms with Gasteiger partial charge in [-0.1, -0.05) is 11.6 Å². The Kier molecular flexibility index (Phi) is 4.84. The Bertz CT molecular complexity index is 667. The molecule has 0 aliphatic rings. The van der Waals surface area contributed by atoms with Gasteiger partial charge in [0.1, 0.15) is 18.2 Å². The van der Waals surface area contributed by atoms with E-state index in [0.29, 0.717) is 21.9 Å². The maximum atomic E-state index is 13.2. The number of nitriles is 1. The molecule has 2 nitrogen and oxygen atoms in total. The van der Waals surface area contributed by atoms with E-state index in [1.165, 1.54) is 18.2 Å². The van der Waals surface area contributed by atoms with Gasteiger partial charge in [0.15, 0.2) is 0 Å². The summed E-state index contributed by atoms with van der Waals surface area (Å²) in [5.41, 5.74) is 1.62. The predicted molar refractivity (Wildman–Crippen MR) is 76.5 cm³/mol. The van der Waals surface area contributed by atoms with Crippen molar-refractivity contribution in [3.63, 3.8) is 0 Å². The number of nitrogens with zero attached hydrogens (tertiary/aromatic N) is 1. The summed E-state index contributed by atoms with van der Waals surface area (Å²) in [6.45, 7) is 0.0895. The highest BCUT2D eigenvalue weighted by molar-refractivity contribution is 6.30. The number of hydrogen-bond donors (Lipinski definition) is 0. The van der Waals surface area contributed by atoms with Gasteiger partial charge >= 0.3 is 0 Å². The van der Waals surface area contributed by atoms with E-state index < -0.39 is 5.82 Å². The Morgan fingerprint density at radius 2 is 1.95 bits per heavy atom. The highest BCUT2D eigenvalue weighted by atomic mass is 35.5. The predicted octanol–water partition coefficient (Wildman–Crippen LogP) is 4.67. The van der Waals surface area contributed by atoms with Gasteiger partial charge in [-0.3, -0.25) is 0 Å². The maximum absolute atomic E-state index is 13.2. The fraction of sp³-hybridized carbons (Fsp3) is 0.133. The quantitative estimate of drug-likeness (QED) is 0.769. The average molecular weight is 310 g/mol. The Morgan fingerprint density at radius 3 is 2.65 bits per heavy atom. The molecule has 20 heavy (non-hydrogen) atoms. The van der Waals surface area contributed by atoms with Crippen molar-refractivity contribution in [2.24, 2.45) is 0 Å². The van der Waals surface area contributed by atoms with E-state index in [2.05, 4.69) is 0 Å². The van der Waals surface area contributed by atoms with Crippen LogP contribution in [0.5, 0.6) is 5.75 Å². The molecule has 0 aliphatic carbocycles. The molecule has 0 spiro atoms. The molecular weight excluding hydrogens is 300 g/mol. The minimum absolute atomic E-state index is 0.0895. The molecule has 0 amide bonds. The summed E-state index contributed by atoms with van der Waals surface area (Å²) in [6, 6.07) is 11.1. The summed E-state index contributed by atoms with van der Waals surface area (Å²) in [5.74, 6) is 0.415. The van der Waals surface area contributed by atoms with Gasteiger partial charge in [-0.05, 0) is 36.4 Å². The second-order valence-electron chi connectivity index (χ2n) is 4.09. The molecule has 0 N–H and O–H groups in total. The van der Waals surface area contributed by atoms with E-state index in [4.69, 9.17) is 33.2 Å². The van der Waals surface area contributed by atoms with Crippen molar-refractivity contribution in [3.8, 4) is 11.8 Å². The van der Waals surface area contributed by atoms with Crippen LogP contribution in [0, 0.1) is 17.1 Å². The van der Waals surface area contributed by atoms with Crippen molar-refractivity contribution in [2.75, 3.05) is 0 Å². The van der Waals surface area contributed by atoms with E-state index in [9.17, 15) is 4.39 Å². The molecule has 5 heteroatoms. The Balaban J connectivity index is 2.21. The third-order valence-corrected chi connectivity index (χ3v) is 3.26. The number of ether oxygens (including phenoxy) is 1. The van der Waals surface area contributed by atoms with Gasteiger partial charge in [-0.25, -0.2) is 4.39 Å². The van der Waals surface area contributed by atoms with Crippen molar-refractivity contribution in [1.82, 2.24) is 0 Å². The normalized spacial score (nSPS) is 10.1. The summed E-state index contributed by atoms with van der Waals surface area (Å²) in [4.78, 5) is 0. The second-order valence-corrected chi connectivity index (χ2v) is 4.79. The standard InChI is InChI=1S/C15H10Cl2FNO/c16-7-11-5-13(17)2-4-15(11)20-9-12-6-14(18)3-1-10(12)8-19/h1-6H,7,9H2. The van der Waals surface area contributed by atoms with Crippen LogP contribution >= 0.6 is 23.2 Å². The zero-order valence-electron chi connectivity index (χ0n) is 10.4. The van der Waals surface area contributed by atoms with E-state index in [-0.39, 0.29) is 12.5 Å². The third kappa shape index (κ3) is 3.41. The first-order valence-electron chi connectivity index (χ1n) is 5.79. The highest BCUT2D eigenvalue weighted by Crippen LogP contribution is 2.25. The molecular formula is C15H10Cl2FNO. The monoisotopic (exact) mass is 309 g/mol. The summed E-state index contributed by atoms with van der Waals surface area (Å²) in [7, 11) is 0. The van der Waals surface area contributed by atoms with Gasteiger partial charge < -0.3 is 4.74 Å². The van der Waals surface area contributed by atoms with E-state index in [0.717, 1.165) is 5.56 Å². The molecule has 0 bridgehead atoms. The number of hydrogen-bond acceptors (Lipinski definition) is 2. The Labute approximate surface area is 126 Å². The van der Waals surface area contributed by atoms with Crippen LogP contribution in [0.15, 0.2) is 36.4 Å². The van der Waals surface area contributed by atoms with Crippen LogP contribution in [0.4, 0.5) is 4.39 Å². The molecule has 0 radical (unpaired) electrons. The number of rotatable bonds is 4. The van der Waals surface area contributed by atoms with Gasteiger partial charge in [0.05, 0.1) is 17.5 Å². The lowest BCUT2D eigenvalue weighted by molar-refractivity contribution is 0.303. The molecule has 2 aromatic rings. The van der Waals surface area contributed by atoms with Crippen LogP contribution < -0.4 is 4.74 Å². The zero-order valence-corrected chi connectivity index (χ0v) is 11.9. The summed E-state index contributed by atoms with van der Waals surface area (Å²) in [6.07, 6.45) is 0.